The number of amides is 1. The number of methoxy groups -OCH3 is 1. The number of hydrogen-bond donors (Lipinski definition) is 1. The maximum absolute atomic E-state index is 12.8. The average Bonchev–Trinajstić information content (AvgIpc) is 2.84. The Kier molecular flexibility index (Phi) is 6.69. The summed E-state index contributed by atoms with van der Waals surface area (Å²) in [6.45, 7) is 5.67. The zero-order valence-electron chi connectivity index (χ0n) is 18.9. The first-order valence-corrected chi connectivity index (χ1v) is 11.1. The van der Waals surface area contributed by atoms with Gasteiger partial charge < -0.3 is 15.0 Å². The van der Waals surface area contributed by atoms with Crippen LogP contribution in [-0.4, -0.2) is 36.3 Å². The molecule has 1 aromatic heterocycles. The van der Waals surface area contributed by atoms with Gasteiger partial charge in [-0.2, -0.15) is 0 Å². The molecule has 1 N–H and O–H groups in total. The molecule has 2 heterocycles. The van der Waals surface area contributed by atoms with E-state index in [1.54, 1.807) is 7.11 Å². The lowest BCUT2D eigenvalue weighted by atomic mass is 9.95. The molecule has 0 saturated carbocycles. The molecule has 1 aliphatic heterocycles. The van der Waals surface area contributed by atoms with Crippen LogP contribution in [0, 0.1) is 12.8 Å². The Hall–Kier alpha value is -3.41. The summed E-state index contributed by atoms with van der Waals surface area (Å²) in [4.78, 5) is 15.0. The van der Waals surface area contributed by atoms with E-state index in [0.717, 1.165) is 54.3 Å². The van der Waals surface area contributed by atoms with Crippen molar-refractivity contribution in [3.8, 4) is 17.0 Å². The molecule has 1 atom stereocenters. The molecule has 6 heteroatoms. The van der Waals surface area contributed by atoms with Crippen molar-refractivity contribution in [2.45, 2.75) is 32.7 Å². The number of ether oxygens (including phenoxy) is 1. The third kappa shape index (κ3) is 5.07. The molecular weight excluding hydrogens is 400 g/mol. The summed E-state index contributed by atoms with van der Waals surface area (Å²) in [6, 6.07) is 20.1. The van der Waals surface area contributed by atoms with Crippen molar-refractivity contribution >= 4 is 11.7 Å². The van der Waals surface area contributed by atoms with Gasteiger partial charge in [-0.25, -0.2) is 0 Å². The average molecular weight is 431 g/mol. The van der Waals surface area contributed by atoms with Gasteiger partial charge >= 0.3 is 0 Å². The highest BCUT2D eigenvalue weighted by molar-refractivity contribution is 5.79. The molecule has 4 rings (SSSR count). The normalized spacial score (nSPS) is 15.3. The molecule has 0 bridgehead atoms. The molecule has 0 unspecified atom stereocenters. The molecule has 3 aromatic rings. The first kappa shape index (κ1) is 21.8. The Labute approximate surface area is 189 Å². The summed E-state index contributed by atoms with van der Waals surface area (Å²) >= 11 is 0. The van der Waals surface area contributed by atoms with Crippen molar-refractivity contribution < 1.29 is 9.53 Å². The summed E-state index contributed by atoms with van der Waals surface area (Å²) in [5, 5.41) is 12.0. The minimum atomic E-state index is -0.0596. The fourth-order valence-corrected chi connectivity index (χ4v) is 4.15. The predicted molar refractivity (Wildman–Crippen MR) is 127 cm³/mol. The minimum Gasteiger partial charge on any atom is -0.497 e. The van der Waals surface area contributed by atoms with Crippen molar-refractivity contribution in [1.82, 2.24) is 15.5 Å². The van der Waals surface area contributed by atoms with Gasteiger partial charge in [-0.1, -0.05) is 35.9 Å². The van der Waals surface area contributed by atoms with Crippen LogP contribution in [0.1, 0.15) is 36.9 Å². The Morgan fingerprint density at radius 1 is 1.06 bits per heavy atom. The maximum atomic E-state index is 12.8. The number of nitrogens with one attached hydrogen (secondary N) is 1. The van der Waals surface area contributed by atoms with Crippen molar-refractivity contribution in [1.29, 1.82) is 0 Å². The van der Waals surface area contributed by atoms with E-state index < -0.39 is 0 Å². The number of aryl methyl sites for hydroxylation is 1. The van der Waals surface area contributed by atoms with Crippen molar-refractivity contribution in [3.05, 3.63) is 71.8 Å². The van der Waals surface area contributed by atoms with Crippen LogP contribution in [0.25, 0.3) is 11.3 Å². The topological polar surface area (TPSA) is 67.3 Å². The summed E-state index contributed by atoms with van der Waals surface area (Å²) in [5.41, 5.74) is 4.19. The number of carbonyl (C=O) groups is 1. The van der Waals surface area contributed by atoms with Gasteiger partial charge in [0.2, 0.25) is 5.91 Å². The van der Waals surface area contributed by atoms with Gasteiger partial charge in [0.25, 0.3) is 0 Å². The monoisotopic (exact) mass is 430 g/mol. The molecule has 2 aromatic carbocycles. The quantitative estimate of drug-likeness (QED) is 0.621. The number of piperidine rings is 1. The van der Waals surface area contributed by atoms with Crippen LogP contribution in [0.15, 0.2) is 60.7 Å². The van der Waals surface area contributed by atoms with Crippen LogP contribution in [0.4, 0.5) is 5.82 Å². The zero-order valence-corrected chi connectivity index (χ0v) is 18.9. The second kappa shape index (κ2) is 9.81. The lowest BCUT2D eigenvalue weighted by Crippen LogP contribution is -2.41. The Morgan fingerprint density at radius 3 is 2.53 bits per heavy atom. The fraction of sp³-hybridized carbons (Fsp3) is 0.346. The van der Waals surface area contributed by atoms with Crippen LogP contribution in [0.2, 0.25) is 0 Å². The smallest absolute Gasteiger partial charge is 0.223 e. The predicted octanol–water partition coefficient (Wildman–Crippen LogP) is 4.55. The zero-order chi connectivity index (χ0) is 22.5. The van der Waals surface area contributed by atoms with Crippen molar-refractivity contribution in [2.75, 3.05) is 25.1 Å². The van der Waals surface area contributed by atoms with E-state index in [-0.39, 0.29) is 17.9 Å². The largest absolute Gasteiger partial charge is 0.497 e. The van der Waals surface area contributed by atoms with Gasteiger partial charge in [0, 0.05) is 24.6 Å². The van der Waals surface area contributed by atoms with E-state index >= 15 is 0 Å². The molecule has 6 nitrogen and oxygen atoms in total. The Balaban J connectivity index is 1.32. The van der Waals surface area contributed by atoms with Crippen molar-refractivity contribution in [2.24, 2.45) is 5.92 Å². The number of nitrogens with zero attached hydrogens (tertiary/aromatic N) is 3. The number of benzene rings is 2. The van der Waals surface area contributed by atoms with Gasteiger partial charge in [-0.15, -0.1) is 10.2 Å². The summed E-state index contributed by atoms with van der Waals surface area (Å²) in [5.74, 6) is 1.79. The number of hydrogen-bond acceptors (Lipinski definition) is 5. The summed E-state index contributed by atoms with van der Waals surface area (Å²) in [7, 11) is 1.65. The Bertz CT molecular complexity index is 1060. The van der Waals surface area contributed by atoms with Crippen LogP contribution in [0.3, 0.4) is 0 Å². The molecule has 32 heavy (non-hydrogen) atoms. The molecule has 1 fully saturated rings. The third-order valence-electron chi connectivity index (χ3n) is 6.11. The number of aromatic nitrogens is 2. The second-order valence-electron chi connectivity index (χ2n) is 8.41. The molecule has 1 aliphatic rings. The molecular formula is C26H30N4O2. The SMILES string of the molecule is COc1cccc([C@@H](C)NC(=O)C2CCN(c3ccc(-c4cccc(C)c4)nn3)CC2)c1. The maximum Gasteiger partial charge on any atom is 0.223 e. The van der Waals surface area contributed by atoms with Gasteiger partial charge in [-0.05, 0) is 62.6 Å². The summed E-state index contributed by atoms with van der Waals surface area (Å²) in [6.07, 6.45) is 1.61. The van der Waals surface area contributed by atoms with Gasteiger partial charge in [0.05, 0.1) is 18.8 Å². The van der Waals surface area contributed by atoms with E-state index in [2.05, 4.69) is 39.5 Å². The van der Waals surface area contributed by atoms with Gasteiger partial charge in [0.1, 0.15) is 5.75 Å². The molecule has 0 spiro atoms. The minimum absolute atomic E-state index is 0.0128. The second-order valence-corrected chi connectivity index (χ2v) is 8.41. The highest BCUT2D eigenvalue weighted by Gasteiger charge is 2.26. The number of anilines is 1. The summed E-state index contributed by atoms with van der Waals surface area (Å²) < 4.78 is 5.29. The van der Waals surface area contributed by atoms with Gasteiger partial charge in [-0.3, -0.25) is 4.79 Å². The first-order chi connectivity index (χ1) is 15.5. The van der Waals surface area contributed by atoms with E-state index in [9.17, 15) is 4.79 Å². The molecule has 1 amide bonds. The first-order valence-electron chi connectivity index (χ1n) is 11.1. The number of carbonyl (C=O) groups excluding carboxylic acids is 1. The van der Waals surface area contributed by atoms with Gasteiger partial charge in [0.15, 0.2) is 5.82 Å². The molecule has 1 saturated heterocycles. The molecule has 0 radical (unpaired) electrons. The van der Waals surface area contributed by atoms with Crippen LogP contribution >= 0.6 is 0 Å². The third-order valence-corrected chi connectivity index (χ3v) is 6.11. The molecule has 166 valence electrons. The Morgan fingerprint density at radius 2 is 1.84 bits per heavy atom. The fourth-order valence-electron chi connectivity index (χ4n) is 4.15. The van der Waals surface area contributed by atoms with Crippen LogP contribution in [-0.2, 0) is 4.79 Å². The molecule has 0 aliphatic carbocycles. The lowest BCUT2D eigenvalue weighted by molar-refractivity contribution is -0.126. The highest BCUT2D eigenvalue weighted by Crippen LogP contribution is 2.25. The van der Waals surface area contributed by atoms with Crippen molar-refractivity contribution in [3.63, 3.8) is 0 Å². The highest BCUT2D eigenvalue weighted by atomic mass is 16.5. The van der Waals surface area contributed by atoms with E-state index in [0.29, 0.717) is 0 Å². The van der Waals surface area contributed by atoms with E-state index in [1.807, 2.05) is 55.5 Å². The standard InChI is InChI=1S/C26H30N4O2/c1-18-6-4-8-22(16-18)24-10-11-25(29-28-24)30-14-12-20(13-15-30)26(31)27-19(2)21-7-5-9-23(17-21)32-3/h4-11,16-17,19-20H,12-15H2,1-3H3,(H,27,31)/t19-/m1/s1. The van der Waals surface area contributed by atoms with Crippen LogP contribution < -0.4 is 15.0 Å². The van der Waals surface area contributed by atoms with Crippen LogP contribution in [0.5, 0.6) is 5.75 Å². The van der Waals surface area contributed by atoms with E-state index in [1.165, 1.54) is 5.56 Å². The number of rotatable bonds is 6. The van der Waals surface area contributed by atoms with E-state index in [4.69, 9.17) is 4.74 Å². The lowest BCUT2D eigenvalue weighted by Gasteiger charge is -2.32.